The van der Waals surface area contributed by atoms with E-state index in [1.165, 1.54) is 0 Å². The van der Waals surface area contributed by atoms with Gasteiger partial charge in [0.1, 0.15) is 0 Å². The van der Waals surface area contributed by atoms with Crippen molar-refractivity contribution in [1.82, 2.24) is 0 Å². The number of carbonyl (C=O) groups excluding carboxylic acids is 1. The average molecular weight is 411 g/mol. The zero-order valence-electron chi connectivity index (χ0n) is 17.7. The minimum absolute atomic E-state index is 0.124. The van der Waals surface area contributed by atoms with Gasteiger partial charge in [-0.15, -0.1) is 0 Å². The normalized spacial score (nSPS) is 19.1. The molecule has 28 heavy (non-hydrogen) atoms. The number of halogens is 1. The third-order valence-corrected chi connectivity index (χ3v) is 5.76. The van der Waals surface area contributed by atoms with Crippen molar-refractivity contribution in [3.05, 3.63) is 34.9 Å². The molecule has 0 aromatic heterocycles. The van der Waals surface area contributed by atoms with Crippen LogP contribution in [-0.4, -0.2) is 29.6 Å². The van der Waals surface area contributed by atoms with Gasteiger partial charge < -0.3 is 14.6 Å². The molecular formula is C23H35ClO4. The van der Waals surface area contributed by atoms with Crippen molar-refractivity contribution in [3.63, 3.8) is 0 Å². The number of hydrogen-bond donors (Lipinski definition) is 1. The van der Waals surface area contributed by atoms with Crippen molar-refractivity contribution >= 4 is 17.6 Å². The molecule has 0 unspecified atom stereocenters. The van der Waals surface area contributed by atoms with E-state index in [0.717, 1.165) is 36.3 Å². The number of benzene rings is 1. The Morgan fingerprint density at radius 1 is 1.21 bits per heavy atom. The van der Waals surface area contributed by atoms with Gasteiger partial charge in [0, 0.05) is 24.3 Å². The molecule has 0 spiro atoms. The van der Waals surface area contributed by atoms with Crippen LogP contribution in [-0.2, 0) is 20.7 Å². The van der Waals surface area contributed by atoms with Gasteiger partial charge in [-0.2, -0.15) is 0 Å². The monoisotopic (exact) mass is 410 g/mol. The zero-order valence-corrected chi connectivity index (χ0v) is 18.4. The van der Waals surface area contributed by atoms with Crippen molar-refractivity contribution < 1.29 is 19.4 Å². The van der Waals surface area contributed by atoms with E-state index in [9.17, 15) is 9.90 Å². The van der Waals surface area contributed by atoms with Gasteiger partial charge >= 0.3 is 5.97 Å². The average Bonchev–Trinajstić information content (AvgIpc) is 2.62. The van der Waals surface area contributed by atoms with Crippen LogP contribution in [0.3, 0.4) is 0 Å². The van der Waals surface area contributed by atoms with Crippen molar-refractivity contribution in [2.75, 3.05) is 6.61 Å². The fourth-order valence-electron chi connectivity index (χ4n) is 3.59. The summed E-state index contributed by atoms with van der Waals surface area (Å²) in [6, 6.07) is 7.80. The van der Waals surface area contributed by atoms with Crippen molar-refractivity contribution in [1.29, 1.82) is 0 Å². The maximum absolute atomic E-state index is 12.1. The smallest absolute Gasteiger partial charge is 0.311 e. The fourth-order valence-corrected chi connectivity index (χ4v) is 3.80. The first-order valence-electron chi connectivity index (χ1n) is 10.4. The molecule has 1 aromatic carbocycles. The lowest BCUT2D eigenvalue weighted by Crippen LogP contribution is -2.41. The van der Waals surface area contributed by atoms with Crippen LogP contribution in [0.4, 0.5) is 0 Å². The predicted octanol–water partition coefficient (Wildman–Crippen LogP) is 5.54. The molecule has 2 rings (SSSR count). The fraction of sp³-hybridized carbons (Fsp3) is 0.696. The highest BCUT2D eigenvalue weighted by molar-refractivity contribution is 6.31. The van der Waals surface area contributed by atoms with Crippen molar-refractivity contribution in [3.8, 4) is 0 Å². The first-order chi connectivity index (χ1) is 13.1. The Hall–Kier alpha value is -1.10. The predicted molar refractivity (Wildman–Crippen MR) is 112 cm³/mol. The minimum Gasteiger partial charge on any atom is -0.465 e. The Morgan fingerprint density at radius 2 is 1.86 bits per heavy atom. The van der Waals surface area contributed by atoms with Crippen LogP contribution in [0.5, 0.6) is 0 Å². The molecule has 5 heteroatoms. The summed E-state index contributed by atoms with van der Waals surface area (Å²) in [5, 5.41) is 11.6. The SMILES string of the molecule is C[C@@H](Cc1ccccc1Cl)[C@H](CCOC(=O)C(C)(C)C)OC1(O)CCCCC1. The van der Waals surface area contributed by atoms with Crippen molar-refractivity contribution in [2.24, 2.45) is 11.3 Å². The molecule has 1 saturated carbocycles. The molecule has 1 fully saturated rings. The maximum Gasteiger partial charge on any atom is 0.311 e. The van der Waals surface area contributed by atoms with Gasteiger partial charge in [-0.05, 0) is 57.6 Å². The summed E-state index contributed by atoms with van der Waals surface area (Å²) in [5.74, 6) is -1.17. The summed E-state index contributed by atoms with van der Waals surface area (Å²) in [4.78, 5) is 12.1. The third-order valence-electron chi connectivity index (χ3n) is 5.39. The van der Waals surface area contributed by atoms with Gasteiger partial charge in [0.25, 0.3) is 0 Å². The summed E-state index contributed by atoms with van der Waals surface area (Å²) in [6.07, 6.45) is 5.47. The standard InChI is InChI=1S/C23H35ClO4/c1-17(16-18-10-6-7-11-19(18)24)20(12-15-27-21(25)22(2,3)4)28-23(26)13-8-5-9-14-23/h6-7,10-11,17,20,26H,5,8-9,12-16H2,1-4H3/t17-,20-/m0/s1. The molecular weight excluding hydrogens is 376 g/mol. The van der Waals surface area contributed by atoms with E-state index in [1.807, 2.05) is 45.0 Å². The second-order valence-electron chi connectivity index (χ2n) is 9.11. The Kier molecular flexibility index (Phi) is 8.35. The molecule has 0 amide bonds. The van der Waals surface area contributed by atoms with E-state index in [0.29, 0.717) is 19.3 Å². The van der Waals surface area contributed by atoms with Crippen LogP contribution in [0.15, 0.2) is 24.3 Å². The highest BCUT2D eigenvalue weighted by atomic mass is 35.5. The van der Waals surface area contributed by atoms with Gasteiger partial charge in [-0.1, -0.05) is 43.1 Å². The van der Waals surface area contributed by atoms with Crippen LogP contribution in [0, 0.1) is 11.3 Å². The van der Waals surface area contributed by atoms with E-state index in [-0.39, 0.29) is 24.6 Å². The summed E-state index contributed by atoms with van der Waals surface area (Å²) >= 11 is 6.33. The Balaban J connectivity index is 2.04. The number of rotatable bonds is 8. The number of hydrogen-bond acceptors (Lipinski definition) is 4. The molecule has 0 aliphatic heterocycles. The summed E-state index contributed by atoms with van der Waals surface area (Å²) in [7, 11) is 0. The highest BCUT2D eigenvalue weighted by Gasteiger charge is 2.35. The van der Waals surface area contributed by atoms with Crippen molar-refractivity contribution in [2.45, 2.75) is 84.5 Å². The van der Waals surface area contributed by atoms with Crippen LogP contribution >= 0.6 is 11.6 Å². The van der Waals surface area contributed by atoms with Gasteiger partial charge in [-0.3, -0.25) is 4.79 Å². The molecule has 0 radical (unpaired) electrons. The molecule has 1 N–H and O–H groups in total. The molecule has 1 aliphatic rings. The number of esters is 1. The quantitative estimate of drug-likeness (QED) is 0.451. The van der Waals surface area contributed by atoms with Gasteiger partial charge in [0.2, 0.25) is 0 Å². The molecule has 1 aliphatic carbocycles. The van der Waals surface area contributed by atoms with E-state index < -0.39 is 11.2 Å². The Morgan fingerprint density at radius 3 is 2.46 bits per heavy atom. The summed E-state index contributed by atoms with van der Waals surface area (Å²) in [6.45, 7) is 7.91. The van der Waals surface area contributed by atoms with Crippen LogP contribution in [0.1, 0.15) is 71.8 Å². The molecule has 158 valence electrons. The molecule has 4 nitrogen and oxygen atoms in total. The second kappa shape index (κ2) is 10.1. The number of ether oxygens (including phenoxy) is 2. The summed E-state index contributed by atoms with van der Waals surface area (Å²) in [5.41, 5.74) is 0.536. The van der Waals surface area contributed by atoms with Gasteiger partial charge in [0.05, 0.1) is 18.1 Å². The Bertz CT molecular complexity index is 632. The number of carbonyl (C=O) groups is 1. The highest BCUT2D eigenvalue weighted by Crippen LogP contribution is 2.33. The maximum atomic E-state index is 12.1. The summed E-state index contributed by atoms with van der Waals surface area (Å²) < 4.78 is 11.7. The molecule has 0 bridgehead atoms. The zero-order chi connectivity index (χ0) is 20.8. The lowest BCUT2D eigenvalue weighted by Gasteiger charge is -2.37. The third kappa shape index (κ3) is 7.06. The van der Waals surface area contributed by atoms with Crippen LogP contribution < -0.4 is 0 Å². The van der Waals surface area contributed by atoms with Crippen LogP contribution in [0.2, 0.25) is 5.02 Å². The minimum atomic E-state index is -1.08. The van der Waals surface area contributed by atoms with Gasteiger partial charge in [-0.25, -0.2) is 0 Å². The Labute approximate surface area is 174 Å². The first-order valence-corrected chi connectivity index (χ1v) is 10.8. The molecule has 1 aromatic rings. The van der Waals surface area contributed by atoms with Crippen LogP contribution in [0.25, 0.3) is 0 Å². The lowest BCUT2D eigenvalue weighted by atomic mass is 9.91. The lowest BCUT2D eigenvalue weighted by molar-refractivity contribution is -0.255. The first kappa shape index (κ1) is 23.2. The van der Waals surface area contributed by atoms with E-state index >= 15 is 0 Å². The van der Waals surface area contributed by atoms with E-state index in [1.54, 1.807) is 0 Å². The van der Waals surface area contributed by atoms with Gasteiger partial charge in [0.15, 0.2) is 5.79 Å². The molecule has 0 saturated heterocycles. The molecule has 0 heterocycles. The van der Waals surface area contributed by atoms with E-state index in [2.05, 4.69) is 6.92 Å². The second-order valence-corrected chi connectivity index (χ2v) is 9.52. The largest absolute Gasteiger partial charge is 0.465 e. The van der Waals surface area contributed by atoms with E-state index in [4.69, 9.17) is 21.1 Å². The number of aliphatic hydroxyl groups is 1. The topological polar surface area (TPSA) is 55.8 Å². The molecule has 2 atom stereocenters.